The van der Waals surface area contributed by atoms with Crippen LogP contribution in [-0.2, 0) is 0 Å². The third kappa shape index (κ3) is 1.87. The summed E-state index contributed by atoms with van der Waals surface area (Å²) in [5, 5.41) is 10.8. The summed E-state index contributed by atoms with van der Waals surface area (Å²) in [5.41, 5.74) is 2.96. The molecule has 0 amide bonds. The highest BCUT2D eigenvalue weighted by atomic mass is 16.3. The predicted molar refractivity (Wildman–Crippen MR) is 86.2 cm³/mol. The number of hydrogen-bond acceptors (Lipinski definition) is 3. The maximum Gasteiger partial charge on any atom is 0.223 e. The van der Waals surface area contributed by atoms with Gasteiger partial charge >= 0.3 is 0 Å². The van der Waals surface area contributed by atoms with Crippen LogP contribution in [0.1, 0.15) is 0 Å². The van der Waals surface area contributed by atoms with Crippen LogP contribution in [0.3, 0.4) is 0 Å². The van der Waals surface area contributed by atoms with Crippen LogP contribution in [0.2, 0.25) is 0 Å². The first-order chi connectivity index (χ1) is 10.7. The highest BCUT2D eigenvalue weighted by molar-refractivity contribution is 6.01. The van der Waals surface area contributed by atoms with Crippen molar-refractivity contribution in [1.29, 1.82) is 0 Å². The molecule has 2 aromatic carbocycles. The van der Waals surface area contributed by atoms with E-state index in [4.69, 9.17) is 4.42 Å². The van der Waals surface area contributed by atoms with Gasteiger partial charge in [0.2, 0.25) is 5.43 Å². The largest absolute Gasteiger partial charge is 0.504 e. The average molecular weight is 288 g/mol. The zero-order valence-corrected chi connectivity index (χ0v) is 11.6. The first kappa shape index (κ1) is 12.7. The normalized spacial score (nSPS) is 11.1. The number of aromatic hydroxyl groups is 1. The summed E-state index contributed by atoms with van der Waals surface area (Å²) >= 11 is 0. The van der Waals surface area contributed by atoms with Gasteiger partial charge in [-0.1, -0.05) is 48.5 Å². The van der Waals surface area contributed by atoms with Crippen molar-refractivity contribution in [2.24, 2.45) is 0 Å². The maximum atomic E-state index is 11.7. The molecule has 0 unspecified atom stereocenters. The van der Waals surface area contributed by atoms with Gasteiger partial charge in [0.15, 0.2) is 5.75 Å². The number of benzene rings is 3. The highest BCUT2D eigenvalue weighted by Crippen LogP contribution is 2.40. The maximum absolute atomic E-state index is 11.7. The van der Waals surface area contributed by atoms with Crippen LogP contribution in [0.25, 0.3) is 33.4 Å². The molecule has 0 aromatic heterocycles. The fourth-order valence-electron chi connectivity index (χ4n) is 2.77. The summed E-state index contributed by atoms with van der Waals surface area (Å²) in [6.07, 6.45) is 0. The number of rotatable bonds is 1. The molecular formula is C19H12O3. The molecule has 2 aromatic rings. The van der Waals surface area contributed by atoms with Gasteiger partial charge in [-0.05, 0) is 17.7 Å². The van der Waals surface area contributed by atoms with E-state index in [-0.39, 0.29) is 5.75 Å². The Morgan fingerprint density at radius 2 is 1.59 bits per heavy atom. The van der Waals surface area contributed by atoms with Gasteiger partial charge in [-0.25, -0.2) is 0 Å². The Balaban J connectivity index is 2.23. The molecule has 0 radical (unpaired) electrons. The van der Waals surface area contributed by atoms with E-state index in [0.717, 1.165) is 22.1 Å². The van der Waals surface area contributed by atoms with Gasteiger partial charge in [0.25, 0.3) is 0 Å². The topological polar surface area (TPSA) is 50.4 Å². The number of hydrogen-bond donors (Lipinski definition) is 1. The van der Waals surface area contributed by atoms with Crippen molar-refractivity contribution in [2.45, 2.75) is 0 Å². The van der Waals surface area contributed by atoms with E-state index in [2.05, 4.69) is 0 Å². The van der Waals surface area contributed by atoms with Gasteiger partial charge in [0.1, 0.15) is 11.3 Å². The van der Waals surface area contributed by atoms with E-state index < -0.39 is 5.43 Å². The van der Waals surface area contributed by atoms with E-state index in [9.17, 15) is 9.90 Å². The molecule has 1 N–H and O–H groups in total. The fraction of sp³-hybridized carbons (Fsp3) is 0. The average Bonchev–Trinajstić information content (AvgIpc) is 2.55. The minimum absolute atomic E-state index is 0.268. The van der Waals surface area contributed by atoms with Crippen molar-refractivity contribution in [1.82, 2.24) is 0 Å². The highest BCUT2D eigenvalue weighted by Gasteiger charge is 2.18. The summed E-state index contributed by atoms with van der Waals surface area (Å²) in [4.78, 5) is 11.7. The van der Waals surface area contributed by atoms with E-state index in [1.54, 1.807) is 0 Å². The van der Waals surface area contributed by atoms with Crippen molar-refractivity contribution >= 4 is 11.0 Å². The summed E-state index contributed by atoms with van der Waals surface area (Å²) in [6, 6.07) is 20.4. The van der Waals surface area contributed by atoms with Crippen molar-refractivity contribution < 1.29 is 9.52 Å². The van der Waals surface area contributed by atoms with Crippen molar-refractivity contribution in [3.8, 4) is 28.2 Å². The van der Waals surface area contributed by atoms with Crippen LogP contribution in [-0.4, -0.2) is 5.11 Å². The van der Waals surface area contributed by atoms with Crippen LogP contribution in [0.5, 0.6) is 5.75 Å². The Labute approximate surface area is 126 Å². The standard InChI is InChI=1S/C19H12O3/c20-15-10-14-18(11-16(15)21)22-17-9-5-4-8-13(17)19(14)12-6-2-1-3-7-12/h1-11,20H. The molecule has 1 aliphatic heterocycles. The van der Waals surface area contributed by atoms with Gasteiger partial charge in [-0.15, -0.1) is 0 Å². The third-order valence-corrected chi connectivity index (χ3v) is 3.77. The van der Waals surface area contributed by atoms with Crippen LogP contribution in [0.15, 0.2) is 75.9 Å². The van der Waals surface area contributed by atoms with Gasteiger partial charge < -0.3 is 9.52 Å². The predicted octanol–water partition coefficient (Wildman–Crippen LogP) is 4.27. The lowest BCUT2D eigenvalue weighted by Gasteiger charge is -2.15. The van der Waals surface area contributed by atoms with Gasteiger partial charge in [0.05, 0.1) is 0 Å². The van der Waals surface area contributed by atoms with Crippen molar-refractivity contribution in [3.63, 3.8) is 0 Å². The van der Waals surface area contributed by atoms with Crippen molar-refractivity contribution in [2.75, 3.05) is 0 Å². The molecule has 1 heterocycles. The number of phenols is 1. The molecular weight excluding hydrogens is 276 g/mol. The molecule has 106 valence electrons. The second-order valence-corrected chi connectivity index (χ2v) is 5.16. The third-order valence-electron chi connectivity index (χ3n) is 3.77. The van der Waals surface area contributed by atoms with E-state index in [1.165, 1.54) is 12.1 Å². The molecule has 0 bridgehead atoms. The summed E-state index contributed by atoms with van der Waals surface area (Å²) in [7, 11) is 0. The second kappa shape index (κ2) is 4.74. The second-order valence-electron chi connectivity index (χ2n) is 5.16. The van der Waals surface area contributed by atoms with E-state index in [0.29, 0.717) is 11.3 Å². The first-order valence-electron chi connectivity index (χ1n) is 6.98. The summed E-state index contributed by atoms with van der Waals surface area (Å²) in [5.74, 6) is 0.204. The molecule has 0 saturated carbocycles. The Kier molecular flexibility index (Phi) is 2.73. The molecule has 0 spiro atoms. The molecule has 3 nitrogen and oxygen atoms in total. The van der Waals surface area contributed by atoms with Crippen molar-refractivity contribution in [3.05, 3.63) is 77.0 Å². The van der Waals surface area contributed by atoms with Crippen LogP contribution < -0.4 is 5.43 Å². The van der Waals surface area contributed by atoms with Gasteiger partial charge in [-0.2, -0.15) is 0 Å². The fourth-order valence-corrected chi connectivity index (χ4v) is 2.77. The quantitative estimate of drug-likeness (QED) is 0.532. The minimum atomic E-state index is -0.439. The molecule has 3 heteroatoms. The van der Waals surface area contributed by atoms with E-state index in [1.807, 2.05) is 54.6 Å². The molecule has 0 saturated heterocycles. The SMILES string of the molecule is O=c1cc2oc3ccccc3c(-c3ccccc3)c-2cc1O. The lowest BCUT2D eigenvalue weighted by molar-refractivity contribution is 0.469. The van der Waals surface area contributed by atoms with Gasteiger partial charge in [-0.3, -0.25) is 4.79 Å². The monoisotopic (exact) mass is 288 g/mol. The lowest BCUT2D eigenvalue weighted by atomic mass is 9.93. The Bertz CT molecular complexity index is 1000. The molecule has 0 atom stereocenters. The number of phenolic OH excluding ortho intramolecular Hbond substituents is 1. The van der Waals surface area contributed by atoms with Crippen LogP contribution >= 0.6 is 0 Å². The van der Waals surface area contributed by atoms with Gasteiger partial charge in [0, 0.05) is 22.6 Å². The first-order valence-corrected chi connectivity index (χ1v) is 6.98. The Morgan fingerprint density at radius 1 is 0.864 bits per heavy atom. The lowest BCUT2D eigenvalue weighted by Crippen LogP contribution is -2.01. The summed E-state index contributed by atoms with van der Waals surface area (Å²) < 4.78 is 5.83. The molecule has 0 fully saturated rings. The molecule has 22 heavy (non-hydrogen) atoms. The Hall–Kier alpha value is -3.07. The number of para-hydroxylation sites is 1. The van der Waals surface area contributed by atoms with Crippen LogP contribution in [0.4, 0.5) is 0 Å². The molecule has 2 aliphatic rings. The molecule has 1 aliphatic carbocycles. The van der Waals surface area contributed by atoms with E-state index >= 15 is 0 Å². The zero-order valence-electron chi connectivity index (χ0n) is 11.6. The smallest absolute Gasteiger partial charge is 0.223 e. The summed E-state index contributed by atoms with van der Waals surface area (Å²) in [6.45, 7) is 0. The zero-order chi connectivity index (χ0) is 15.1. The number of fused-ring (bicyclic) bond motifs is 2. The minimum Gasteiger partial charge on any atom is -0.504 e. The Morgan fingerprint density at radius 3 is 2.41 bits per heavy atom. The molecule has 4 rings (SSSR count). The van der Waals surface area contributed by atoms with Crippen LogP contribution in [0, 0.1) is 0 Å².